The molecule has 0 aliphatic carbocycles. The van der Waals surface area contributed by atoms with Gasteiger partial charge in [0.05, 0.1) is 11.1 Å². The molecule has 9 heteroatoms. The first-order valence-corrected chi connectivity index (χ1v) is 7.81. The number of furan rings is 1. The predicted octanol–water partition coefficient (Wildman–Crippen LogP) is 3.43. The molecule has 1 aromatic heterocycles. The van der Waals surface area contributed by atoms with Crippen molar-refractivity contribution in [2.45, 2.75) is 26.0 Å². The second-order valence-electron chi connectivity index (χ2n) is 5.30. The molecule has 2 amide bonds. The van der Waals surface area contributed by atoms with E-state index in [1.54, 1.807) is 0 Å². The molecule has 0 saturated heterocycles. The Labute approximate surface area is 153 Å². The van der Waals surface area contributed by atoms with Crippen molar-refractivity contribution in [3.63, 3.8) is 0 Å². The van der Waals surface area contributed by atoms with Crippen LogP contribution in [0.15, 0.2) is 28.7 Å². The highest BCUT2D eigenvalue weighted by molar-refractivity contribution is 6.32. The number of urea groups is 1. The summed E-state index contributed by atoms with van der Waals surface area (Å²) in [6.45, 7) is 2.85. The highest BCUT2D eigenvalue weighted by Crippen LogP contribution is 2.36. The van der Waals surface area contributed by atoms with Crippen LogP contribution in [0, 0.1) is 17.7 Å². The van der Waals surface area contributed by atoms with E-state index in [0.29, 0.717) is 0 Å². The Hall–Kier alpha value is -2.73. The Morgan fingerprint density at radius 1 is 1.38 bits per heavy atom. The summed E-state index contributed by atoms with van der Waals surface area (Å²) >= 11 is 6.06. The fraction of sp³-hybridized carbons (Fsp3) is 0.235. The molecule has 0 fully saturated rings. The van der Waals surface area contributed by atoms with Crippen molar-refractivity contribution in [2.75, 3.05) is 0 Å². The number of aliphatic hydroxyl groups excluding tert-OH is 1. The number of primary amides is 1. The number of hydrogen-bond acceptors (Lipinski definition) is 5. The second kappa shape index (κ2) is 8.10. The van der Waals surface area contributed by atoms with Gasteiger partial charge in [-0.15, -0.1) is 0 Å². The molecule has 2 aromatic rings. The number of aliphatic hydroxyl groups is 1. The molecular formula is C17H16ClFN2O5. The van der Waals surface area contributed by atoms with E-state index in [4.69, 9.17) is 26.5 Å². The highest BCUT2D eigenvalue weighted by Gasteiger charge is 2.18. The van der Waals surface area contributed by atoms with Gasteiger partial charge >= 0.3 is 6.03 Å². The number of carbonyl (C=O) groups excluding carboxylic acids is 1. The number of hydrogen-bond donors (Lipinski definition) is 3. The maximum atomic E-state index is 13.7. The van der Waals surface area contributed by atoms with Gasteiger partial charge in [0, 0.05) is 11.6 Å². The largest absolute Gasteiger partial charge is 0.424 e. The standard InChI is InChI=1S/C17H16ClFN2O5/c1-9(21(24)17(20)23)3-4-11-5-8-14(25-11)26-13-7-6-12(19)15(10(2)22)16(13)18/h5-10,22,24H,1-2H3,(H2,20,23). The zero-order valence-corrected chi connectivity index (χ0v) is 14.6. The van der Waals surface area contributed by atoms with Gasteiger partial charge < -0.3 is 20.0 Å². The molecule has 2 unspecified atom stereocenters. The summed E-state index contributed by atoms with van der Waals surface area (Å²) < 4.78 is 24.5. The van der Waals surface area contributed by atoms with Crippen molar-refractivity contribution in [1.29, 1.82) is 0 Å². The average molecular weight is 383 g/mol. The van der Waals surface area contributed by atoms with Gasteiger partial charge in [0.1, 0.15) is 17.6 Å². The SMILES string of the molecule is CC(O)c1c(F)ccc(Oc2ccc(C#CC(C)N(O)C(N)=O)o2)c1Cl. The first-order valence-electron chi connectivity index (χ1n) is 7.43. The summed E-state index contributed by atoms with van der Waals surface area (Å²) in [5, 5.41) is 19.1. The number of nitrogens with two attached hydrogens (primary N) is 1. The Balaban J connectivity index is 2.17. The molecule has 7 nitrogen and oxygen atoms in total. The summed E-state index contributed by atoms with van der Waals surface area (Å²) in [5.41, 5.74) is 4.84. The minimum atomic E-state index is -1.11. The number of hydroxylamine groups is 2. The van der Waals surface area contributed by atoms with Gasteiger partial charge in [-0.25, -0.2) is 9.18 Å². The molecule has 2 atom stereocenters. The molecule has 2 rings (SSSR count). The van der Waals surface area contributed by atoms with E-state index in [0.717, 1.165) is 6.07 Å². The topological polar surface area (TPSA) is 109 Å². The van der Waals surface area contributed by atoms with Crippen LogP contribution >= 0.6 is 11.6 Å². The van der Waals surface area contributed by atoms with E-state index < -0.39 is 24.0 Å². The minimum absolute atomic E-state index is 0.0303. The average Bonchev–Trinajstić information content (AvgIpc) is 3.01. The molecule has 1 aromatic carbocycles. The Kier molecular flexibility index (Phi) is 6.10. The van der Waals surface area contributed by atoms with Crippen LogP contribution in [-0.2, 0) is 0 Å². The molecule has 138 valence electrons. The molecule has 26 heavy (non-hydrogen) atoms. The zero-order valence-electron chi connectivity index (χ0n) is 13.9. The number of ether oxygens (including phenoxy) is 1. The monoisotopic (exact) mass is 382 g/mol. The number of benzene rings is 1. The van der Waals surface area contributed by atoms with Crippen molar-refractivity contribution in [2.24, 2.45) is 5.73 Å². The van der Waals surface area contributed by atoms with E-state index >= 15 is 0 Å². The van der Waals surface area contributed by atoms with E-state index in [1.165, 1.54) is 32.0 Å². The molecular weight excluding hydrogens is 367 g/mol. The van der Waals surface area contributed by atoms with Crippen LogP contribution in [0.5, 0.6) is 11.7 Å². The van der Waals surface area contributed by atoms with Crippen molar-refractivity contribution in [3.05, 3.63) is 46.4 Å². The normalized spacial score (nSPS) is 12.7. The molecule has 0 radical (unpaired) electrons. The third-order valence-corrected chi connectivity index (χ3v) is 3.69. The summed E-state index contributed by atoms with van der Waals surface area (Å²) in [6.07, 6.45) is -1.11. The fourth-order valence-electron chi connectivity index (χ4n) is 1.99. The summed E-state index contributed by atoms with van der Waals surface area (Å²) in [6, 6.07) is 3.50. The van der Waals surface area contributed by atoms with Crippen molar-refractivity contribution >= 4 is 17.6 Å². The van der Waals surface area contributed by atoms with Crippen LogP contribution in [0.2, 0.25) is 5.02 Å². The number of nitrogens with zero attached hydrogens (tertiary/aromatic N) is 1. The maximum absolute atomic E-state index is 13.7. The number of amides is 2. The van der Waals surface area contributed by atoms with Crippen LogP contribution < -0.4 is 10.5 Å². The summed E-state index contributed by atoms with van der Waals surface area (Å²) in [5.74, 6) is 4.84. The van der Waals surface area contributed by atoms with E-state index in [1.807, 2.05) is 0 Å². The Morgan fingerprint density at radius 2 is 2.08 bits per heavy atom. The maximum Gasteiger partial charge on any atom is 0.339 e. The lowest BCUT2D eigenvalue weighted by molar-refractivity contribution is -0.0536. The molecule has 0 bridgehead atoms. The third-order valence-electron chi connectivity index (χ3n) is 3.30. The summed E-state index contributed by atoms with van der Waals surface area (Å²) in [7, 11) is 0. The third kappa shape index (κ3) is 4.46. The van der Waals surface area contributed by atoms with Gasteiger partial charge in [0.2, 0.25) is 0 Å². The zero-order chi connectivity index (χ0) is 19.4. The van der Waals surface area contributed by atoms with Crippen LogP contribution in [-0.4, -0.2) is 27.4 Å². The number of carbonyl (C=O) groups is 1. The first kappa shape index (κ1) is 19.6. The fourth-order valence-corrected chi connectivity index (χ4v) is 2.34. The smallest absolute Gasteiger partial charge is 0.339 e. The molecule has 0 saturated carbocycles. The lowest BCUT2D eigenvalue weighted by atomic mass is 10.1. The number of halogens is 2. The van der Waals surface area contributed by atoms with Gasteiger partial charge in [-0.3, -0.25) is 5.21 Å². The minimum Gasteiger partial charge on any atom is -0.424 e. The molecule has 1 heterocycles. The van der Waals surface area contributed by atoms with Crippen LogP contribution in [0.3, 0.4) is 0 Å². The Morgan fingerprint density at radius 3 is 2.69 bits per heavy atom. The lowest BCUT2D eigenvalue weighted by Gasteiger charge is -2.14. The van der Waals surface area contributed by atoms with Crippen LogP contribution in [0.1, 0.15) is 31.3 Å². The van der Waals surface area contributed by atoms with Crippen molar-refractivity contribution < 1.29 is 28.7 Å². The first-order chi connectivity index (χ1) is 12.2. The van der Waals surface area contributed by atoms with Crippen LogP contribution in [0.25, 0.3) is 0 Å². The van der Waals surface area contributed by atoms with Gasteiger partial charge in [-0.1, -0.05) is 17.5 Å². The van der Waals surface area contributed by atoms with Crippen molar-refractivity contribution in [1.82, 2.24) is 5.06 Å². The van der Waals surface area contributed by atoms with Crippen LogP contribution in [0.4, 0.5) is 9.18 Å². The predicted molar refractivity (Wildman–Crippen MR) is 90.4 cm³/mol. The highest BCUT2D eigenvalue weighted by atomic mass is 35.5. The molecule has 0 aliphatic heterocycles. The van der Waals surface area contributed by atoms with Gasteiger partial charge in [-0.2, -0.15) is 5.06 Å². The quantitative estimate of drug-likeness (QED) is 0.426. The molecule has 0 aliphatic rings. The van der Waals surface area contributed by atoms with Crippen molar-refractivity contribution in [3.8, 4) is 23.5 Å². The summed E-state index contributed by atoms with van der Waals surface area (Å²) in [4.78, 5) is 10.8. The van der Waals surface area contributed by atoms with Gasteiger partial charge in [-0.05, 0) is 38.0 Å². The van der Waals surface area contributed by atoms with Gasteiger partial charge in [0.25, 0.3) is 5.95 Å². The Bertz CT molecular complexity index is 872. The molecule has 0 spiro atoms. The van der Waals surface area contributed by atoms with E-state index in [9.17, 15) is 19.5 Å². The lowest BCUT2D eigenvalue weighted by Crippen LogP contribution is -2.38. The number of rotatable bonds is 4. The van der Waals surface area contributed by atoms with Gasteiger partial charge in [0.15, 0.2) is 5.76 Å². The van der Waals surface area contributed by atoms with E-state index in [-0.39, 0.29) is 33.1 Å². The molecule has 4 N–H and O–H groups in total. The second-order valence-corrected chi connectivity index (χ2v) is 5.68. The van der Waals surface area contributed by atoms with E-state index in [2.05, 4.69) is 11.8 Å².